The molecule has 0 radical (unpaired) electrons. The molecular weight excluding hydrogens is 443 g/mol. The normalized spacial score (nSPS) is 16.5. The lowest BCUT2D eigenvalue weighted by molar-refractivity contribution is -0.0228. The fourth-order valence-electron chi connectivity index (χ4n) is 3.82. The third kappa shape index (κ3) is 5.23. The first-order valence-corrected chi connectivity index (χ1v) is 12.1. The van der Waals surface area contributed by atoms with Crippen LogP contribution in [0.5, 0.6) is 0 Å². The van der Waals surface area contributed by atoms with E-state index in [2.05, 4.69) is 4.72 Å². The minimum atomic E-state index is -3.81. The van der Waals surface area contributed by atoms with E-state index in [1.54, 1.807) is 54.3 Å². The summed E-state index contributed by atoms with van der Waals surface area (Å²) < 4.78 is 47.4. The van der Waals surface area contributed by atoms with Crippen molar-refractivity contribution in [2.45, 2.75) is 24.8 Å². The highest BCUT2D eigenvalue weighted by Gasteiger charge is 2.26. The van der Waals surface area contributed by atoms with Crippen LogP contribution in [0.4, 0.5) is 10.1 Å². The highest BCUT2D eigenvalue weighted by atomic mass is 32.2. The fraction of sp³-hybridized carbons (Fsp3) is 0.240. The molecule has 1 saturated heterocycles. The number of carbonyl (C=O) groups is 1. The zero-order chi connectivity index (χ0) is 23.6. The Hall–Kier alpha value is -3.23. The number of halogens is 1. The number of hydrogen-bond acceptors (Lipinski definition) is 4. The van der Waals surface area contributed by atoms with Crippen molar-refractivity contribution in [2.24, 2.45) is 0 Å². The first-order valence-electron chi connectivity index (χ1n) is 10.6. The number of benzene rings is 3. The molecular formula is C25H25FN2O4S. The van der Waals surface area contributed by atoms with E-state index < -0.39 is 10.0 Å². The average molecular weight is 469 g/mol. The maximum absolute atomic E-state index is 13.2. The largest absolute Gasteiger partial charge is 0.370 e. The Kier molecular flexibility index (Phi) is 6.49. The summed E-state index contributed by atoms with van der Waals surface area (Å²) in [5.41, 5.74) is 2.96. The minimum Gasteiger partial charge on any atom is -0.370 e. The van der Waals surface area contributed by atoms with Gasteiger partial charge in [0.2, 0.25) is 0 Å². The van der Waals surface area contributed by atoms with Crippen molar-refractivity contribution < 1.29 is 22.3 Å². The van der Waals surface area contributed by atoms with Crippen LogP contribution in [0.25, 0.3) is 0 Å². The van der Waals surface area contributed by atoms with Crippen molar-refractivity contribution in [1.29, 1.82) is 0 Å². The molecule has 0 aromatic heterocycles. The maximum Gasteiger partial charge on any atom is 0.262 e. The molecule has 6 nitrogen and oxygen atoms in total. The summed E-state index contributed by atoms with van der Waals surface area (Å²) in [5, 5.41) is 0. The molecule has 1 amide bonds. The summed E-state index contributed by atoms with van der Waals surface area (Å²) in [6.07, 6.45) is -0.353. The molecule has 0 spiro atoms. The van der Waals surface area contributed by atoms with Gasteiger partial charge in [-0.1, -0.05) is 30.3 Å². The highest BCUT2D eigenvalue weighted by molar-refractivity contribution is 7.92. The number of aryl methyl sites for hydroxylation is 2. The topological polar surface area (TPSA) is 75.7 Å². The molecule has 0 saturated carbocycles. The second-order valence-corrected chi connectivity index (χ2v) is 9.77. The molecule has 1 atom stereocenters. The molecule has 0 aliphatic carbocycles. The van der Waals surface area contributed by atoms with Crippen LogP contribution in [0, 0.1) is 19.7 Å². The van der Waals surface area contributed by atoms with Gasteiger partial charge in [-0.15, -0.1) is 0 Å². The predicted molar refractivity (Wildman–Crippen MR) is 124 cm³/mol. The van der Waals surface area contributed by atoms with Gasteiger partial charge in [0.05, 0.1) is 18.0 Å². The predicted octanol–water partition coefficient (Wildman–Crippen LogP) is 4.46. The summed E-state index contributed by atoms with van der Waals surface area (Å²) in [5.74, 6) is -0.555. The molecule has 3 aromatic rings. The maximum atomic E-state index is 13.2. The lowest BCUT2D eigenvalue weighted by Crippen LogP contribution is -2.42. The van der Waals surface area contributed by atoms with E-state index >= 15 is 0 Å². The summed E-state index contributed by atoms with van der Waals surface area (Å²) in [6.45, 7) is 4.66. The van der Waals surface area contributed by atoms with Crippen molar-refractivity contribution in [3.8, 4) is 0 Å². The van der Waals surface area contributed by atoms with Gasteiger partial charge in [-0.25, -0.2) is 12.8 Å². The number of morpholine rings is 1. The molecule has 0 bridgehead atoms. The van der Waals surface area contributed by atoms with Crippen LogP contribution in [0.15, 0.2) is 71.6 Å². The van der Waals surface area contributed by atoms with Gasteiger partial charge in [0, 0.05) is 17.8 Å². The molecule has 4 rings (SSSR count). The third-order valence-corrected chi connectivity index (χ3v) is 7.11. The van der Waals surface area contributed by atoms with Gasteiger partial charge in [0.15, 0.2) is 0 Å². The number of anilines is 1. The number of nitrogens with one attached hydrogen (secondary N) is 1. The van der Waals surface area contributed by atoms with Gasteiger partial charge in [-0.05, 0) is 66.9 Å². The molecule has 172 valence electrons. The van der Waals surface area contributed by atoms with E-state index in [4.69, 9.17) is 4.74 Å². The Bertz CT molecular complexity index is 1280. The molecule has 1 aliphatic rings. The minimum absolute atomic E-state index is 0.203. The van der Waals surface area contributed by atoms with E-state index in [0.717, 1.165) is 11.1 Å². The summed E-state index contributed by atoms with van der Waals surface area (Å²) in [4.78, 5) is 15.0. The zero-order valence-corrected chi connectivity index (χ0v) is 19.2. The average Bonchev–Trinajstić information content (AvgIpc) is 2.80. The number of ether oxygens (including phenoxy) is 1. The van der Waals surface area contributed by atoms with Crippen molar-refractivity contribution in [3.63, 3.8) is 0 Å². The van der Waals surface area contributed by atoms with Gasteiger partial charge in [-0.3, -0.25) is 9.52 Å². The number of hydrogen-bond donors (Lipinski definition) is 1. The van der Waals surface area contributed by atoms with Gasteiger partial charge < -0.3 is 9.64 Å². The van der Waals surface area contributed by atoms with Crippen LogP contribution in [0.3, 0.4) is 0 Å². The molecule has 3 aromatic carbocycles. The third-order valence-electron chi connectivity index (χ3n) is 5.59. The van der Waals surface area contributed by atoms with Crippen molar-refractivity contribution in [2.75, 3.05) is 24.4 Å². The molecule has 1 unspecified atom stereocenters. The Morgan fingerprint density at radius 2 is 1.82 bits per heavy atom. The monoisotopic (exact) mass is 468 g/mol. The summed E-state index contributed by atoms with van der Waals surface area (Å²) in [6, 6.07) is 17.7. The molecule has 1 fully saturated rings. The lowest BCUT2D eigenvalue weighted by atomic mass is 10.1. The molecule has 8 heteroatoms. The molecule has 1 N–H and O–H groups in total. The van der Waals surface area contributed by atoms with Crippen LogP contribution in [0.2, 0.25) is 0 Å². The van der Waals surface area contributed by atoms with Gasteiger partial charge in [0.25, 0.3) is 15.9 Å². The lowest BCUT2D eigenvalue weighted by Gasteiger charge is -2.33. The van der Waals surface area contributed by atoms with E-state index in [0.29, 0.717) is 36.5 Å². The second-order valence-electron chi connectivity index (χ2n) is 8.12. The Labute approximate surface area is 193 Å². The Morgan fingerprint density at radius 1 is 1.06 bits per heavy atom. The second kappa shape index (κ2) is 9.33. The highest BCUT2D eigenvalue weighted by Crippen LogP contribution is 2.25. The first kappa shape index (κ1) is 22.9. The van der Waals surface area contributed by atoms with Gasteiger partial charge in [0.1, 0.15) is 11.9 Å². The number of sulfonamides is 1. The van der Waals surface area contributed by atoms with Crippen molar-refractivity contribution >= 4 is 21.6 Å². The van der Waals surface area contributed by atoms with E-state index in [9.17, 15) is 17.6 Å². The number of amides is 1. The van der Waals surface area contributed by atoms with E-state index in [-0.39, 0.29) is 22.7 Å². The quantitative estimate of drug-likeness (QED) is 0.600. The van der Waals surface area contributed by atoms with Crippen LogP contribution in [-0.4, -0.2) is 38.9 Å². The SMILES string of the molecule is Cc1ccc(C)c(S(=O)(=O)Nc2cccc(C(=O)N3CCOC(c4ccc(F)cc4)C3)c2)c1. The number of nitrogens with zero attached hydrogens (tertiary/aromatic N) is 1. The van der Waals surface area contributed by atoms with Gasteiger partial charge >= 0.3 is 0 Å². The van der Waals surface area contributed by atoms with Crippen LogP contribution >= 0.6 is 0 Å². The standard InChI is InChI=1S/C25H25FN2O4S/c1-17-6-7-18(2)24(14-17)33(30,31)27-22-5-3-4-20(15-22)25(29)28-12-13-32-23(16-28)19-8-10-21(26)11-9-19/h3-11,14-15,23,27H,12-13,16H2,1-2H3. The molecule has 33 heavy (non-hydrogen) atoms. The zero-order valence-electron chi connectivity index (χ0n) is 18.4. The van der Waals surface area contributed by atoms with Crippen LogP contribution < -0.4 is 4.72 Å². The number of rotatable bonds is 5. The van der Waals surface area contributed by atoms with Gasteiger partial charge in [-0.2, -0.15) is 0 Å². The molecule has 1 heterocycles. The van der Waals surface area contributed by atoms with E-state index in [1.165, 1.54) is 18.2 Å². The summed E-state index contributed by atoms with van der Waals surface area (Å²) in [7, 11) is -3.81. The first-order chi connectivity index (χ1) is 15.7. The smallest absolute Gasteiger partial charge is 0.262 e. The van der Waals surface area contributed by atoms with E-state index in [1.807, 2.05) is 13.0 Å². The van der Waals surface area contributed by atoms with Crippen molar-refractivity contribution in [1.82, 2.24) is 4.90 Å². The number of carbonyl (C=O) groups excluding carboxylic acids is 1. The summed E-state index contributed by atoms with van der Waals surface area (Å²) >= 11 is 0. The van der Waals surface area contributed by atoms with Crippen LogP contribution in [0.1, 0.15) is 33.2 Å². The van der Waals surface area contributed by atoms with Crippen molar-refractivity contribution in [3.05, 3.63) is 94.8 Å². The Morgan fingerprint density at radius 3 is 2.58 bits per heavy atom. The molecule has 1 aliphatic heterocycles. The fourth-order valence-corrected chi connectivity index (χ4v) is 5.20. The Balaban J connectivity index is 1.51. The van der Waals surface area contributed by atoms with Crippen LogP contribution in [-0.2, 0) is 14.8 Å².